The van der Waals surface area contributed by atoms with Crippen molar-refractivity contribution >= 4 is 0 Å². The van der Waals surface area contributed by atoms with Crippen LogP contribution in [0.2, 0.25) is 0 Å². The first-order chi connectivity index (χ1) is 7.40. The second-order valence-corrected chi connectivity index (χ2v) is 4.05. The largest absolute Gasteiger partial charge is 0.383 e. The van der Waals surface area contributed by atoms with Crippen LogP contribution in [0, 0.1) is 0 Å². The Balaban J connectivity index is 1.93. The summed E-state index contributed by atoms with van der Waals surface area (Å²) in [7, 11) is 1.72. The Morgan fingerprint density at radius 1 is 1.53 bits per heavy atom. The Hall–Kier alpha value is -0.870. The molecule has 1 N–H and O–H groups in total. The Morgan fingerprint density at radius 2 is 2.33 bits per heavy atom. The summed E-state index contributed by atoms with van der Waals surface area (Å²) in [6.45, 7) is 3.84. The first-order valence-corrected chi connectivity index (χ1v) is 5.62. The monoisotopic (exact) mass is 209 g/mol. The van der Waals surface area contributed by atoms with Crippen molar-refractivity contribution in [2.24, 2.45) is 0 Å². The maximum absolute atomic E-state index is 5.03. The van der Waals surface area contributed by atoms with Gasteiger partial charge in [0.1, 0.15) is 0 Å². The summed E-state index contributed by atoms with van der Waals surface area (Å²) in [4.78, 5) is 0. The zero-order valence-corrected chi connectivity index (χ0v) is 9.28. The highest BCUT2D eigenvalue weighted by molar-refractivity contribution is 5.12. The molecule has 1 aromatic rings. The molecule has 0 saturated carbocycles. The predicted molar refractivity (Wildman–Crippen MR) is 58.9 cm³/mol. The number of hydrogen-bond acceptors (Lipinski definition) is 3. The van der Waals surface area contributed by atoms with E-state index in [1.807, 2.05) is 10.9 Å². The van der Waals surface area contributed by atoms with Gasteiger partial charge in [0.2, 0.25) is 0 Å². The lowest BCUT2D eigenvalue weighted by atomic mass is 9.93. The van der Waals surface area contributed by atoms with Crippen LogP contribution in [0.15, 0.2) is 12.4 Å². The second kappa shape index (κ2) is 5.28. The van der Waals surface area contributed by atoms with E-state index >= 15 is 0 Å². The van der Waals surface area contributed by atoms with E-state index in [0.29, 0.717) is 5.92 Å². The first-order valence-electron chi connectivity index (χ1n) is 5.62. The SMILES string of the molecule is COCCn1cc(C2CCNCC2)cn1. The van der Waals surface area contributed by atoms with Crippen molar-refractivity contribution in [3.05, 3.63) is 18.0 Å². The molecule has 0 bridgehead atoms. The van der Waals surface area contributed by atoms with Crippen molar-refractivity contribution in [3.63, 3.8) is 0 Å². The summed E-state index contributed by atoms with van der Waals surface area (Å²) in [6.07, 6.45) is 6.63. The molecule has 1 aliphatic heterocycles. The number of ether oxygens (including phenoxy) is 1. The summed E-state index contributed by atoms with van der Waals surface area (Å²) in [5, 5.41) is 7.72. The van der Waals surface area contributed by atoms with Gasteiger partial charge in [-0.3, -0.25) is 4.68 Å². The molecule has 0 aliphatic carbocycles. The number of methoxy groups -OCH3 is 1. The van der Waals surface area contributed by atoms with Crippen LogP contribution in [0.1, 0.15) is 24.3 Å². The standard InChI is InChI=1S/C11H19N3O/c1-15-7-6-14-9-11(8-13-14)10-2-4-12-5-3-10/h8-10,12H,2-7H2,1H3. The number of nitrogens with one attached hydrogen (secondary N) is 1. The molecule has 0 amide bonds. The van der Waals surface area contributed by atoms with Crippen LogP contribution in [0.4, 0.5) is 0 Å². The fourth-order valence-corrected chi connectivity index (χ4v) is 2.05. The number of piperidine rings is 1. The van der Waals surface area contributed by atoms with Gasteiger partial charge in [-0.25, -0.2) is 0 Å². The molecule has 4 heteroatoms. The minimum atomic E-state index is 0.697. The molecule has 1 aliphatic rings. The molecule has 1 fully saturated rings. The zero-order chi connectivity index (χ0) is 10.5. The van der Waals surface area contributed by atoms with Crippen molar-refractivity contribution in [2.75, 3.05) is 26.8 Å². The van der Waals surface area contributed by atoms with Gasteiger partial charge in [0, 0.05) is 13.3 Å². The van der Waals surface area contributed by atoms with Crippen molar-refractivity contribution < 1.29 is 4.74 Å². The molecule has 0 spiro atoms. The van der Waals surface area contributed by atoms with Gasteiger partial charge >= 0.3 is 0 Å². The van der Waals surface area contributed by atoms with Crippen molar-refractivity contribution in [1.82, 2.24) is 15.1 Å². The number of aromatic nitrogens is 2. The number of nitrogens with zero attached hydrogens (tertiary/aromatic N) is 2. The molecule has 1 saturated heterocycles. The zero-order valence-electron chi connectivity index (χ0n) is 9.28. The molecular weight excluding hydrogens is 190 g/mol. The maximum Gasteiger partial charge on any atom is 0.0658 e. The normalized spacial score (nSPS) is 18.2. The van der Waals surface area contributed by atoms with E-state index in [1.54, 1.807) is 7.11 Å². The molecule has 0 aromatic carbocycles. The highest BCUT2D eigenvalue weighted by Crippen LogP contribution is 2.24. The molecule has 4 nitrogen and oxygen atoms in total. The molecule has 15 heavy (non-hydrogen) atoms. The van der Waals surface area contributed by atoms with E-state index < -0.39 is 0 Å². The lowest BCUT2D eigenvalue weighted by Crippen LogP contribution is -2.26. The quantitative estimate of drug-likeness (QED) is 0.804. The van der Waals surface area contributed by atoms with Crippen LogP contribution >= 0.6 is 0 Å². The van der Waals surface area contributed by atoms with E-state index in [0.717, 1.165) is 26.2 Å². The highest BCUT2D eigenvalue weighted by atomic mass is 16.5. The smallest absolute Gasteiger partial charge is 0.0658 e. The van der Waals surface area contributed by atoms with Crippen molar-refractivity contribution in [1.29, 1.82) is 0 Å². The molecule has 0 atom stereocenters. The third-order valence-electron chi connectivity index (χ3n) is 2.99. The van der Waals surface area contributed by atoms with Crippen LogP contribution in [0.25, 0.3) is 0 Å². The van der Waals surface area contributed by atoms with Gasteiger partial charge in [-0.15, -0.1) is 0 Å². The van der Waals surface area contributed by atoms with Gasteiger partial charge in [0.25, 0.3) is 0 Å². The Kier molecular flexibility index (Phi) is 3.75. The summed E-state index contributed by atoms with van der Waals surface area (Å²) in [5.74, 6) is 0.697. The molecule has 2 rings (SSSR count). The van der Waals surface area contributed by atoms with Crippen molar-refractivity contribution in [3.8, 4) is 0 Å². The molecule has 1 aromatic heterocycles. The molecule has 84 valence electrons. The second-order valence-electron chi connectivity index (χ2n) is 4.05. The summed E-state index contributed by atoms with van der Waals surface area (Å²) >= 11 is 0. The topological polar surface area (TPSA) is 39.1 Å². The van der Waals surface area contributed by atoms with Crippen LogP contribution in [0.3, 0.4) is 0 Å². The Labute approximate surface area is 90.6 Å². The molecular formula is C11H19N3O. The Bertz CT molecular complexity index is 292. The van der Waals surface area contributed by atoms with E-state index in [1.165, 1.54) is 18.4 Å². The summed E-state index contributed by atoms with van der Waals surface area (Å²) < 4.78 is 7.00. The van der Waals surface area contributed by atoms with Gasteiger partial charge in [0.05, 0.1) is 19.3 Å². The van der Waals surface area contributed by atoms with Crippen LogP contribution in [0.5, 0.6) is 0 Å². The Morgan fingerprint density at radius 3 is 3.07 bits per heavy atom. The van der Waals surface area contributed by atoms with Crippen LogP contribution in [-0.2, 0) is 11.3 Å². The van der Waals surface area contributed by atoms with E-state index in [4.69, 9.17) is 4.74 Å². The molecule has 2 heterocycles. The van der Waals surface area contributed by atoms with Crippen LogP contribution < -0.4 is 5.32 Å². The molecule has 0 radical (unpaired) electrons. The van der Waals surface area contributed by atoms with E-state index in [-0.39, 0.29) is 0 Å². The van der Waals surface area contributed by atoms with Gasteiger partial charge < -0.3 is 10.1 Å². The van der Waals surface area contributed by atoms with E-state index in [2.05, 4.69) is 16.6 Å². The maximum atomic E-state index is 5.03. The lowest BCUT2D eigenvalue weighted by molar-refractivity contribution is 0.183. The average molecular weight is 209 g/mol. The lowest BCUT2D eigenvalue weighted by Gasteiger charge is -2.21. The highest BCUT2D eigenvalue weighted by Gasteiger charge is 2.16. The molecule has 0 unspecified atom stereocenters. The van der Waals surface area contributed by atoms with Gasteiger partial charge in [-0.1, -0.05) is 0 Å². The third kappa shape index (κ3) is 2.79. The van der Waals surface area contributed by atoms with Gasteiger partial charge in [0.15, 0.2) is 0 Å². The van der Waals surface area contributed by atoms with Gasteiger partial charge in [-0.2, -0.15) is 5.10 Å². The minimum absolute atomic E-state index is 0.697. The fourth-order valence-electron chi connectivity index (χ4n) is 2.05. The number of rotatable bonds is 4. The number of hydrogen-bond donors (Lipinski definition) is 1. The van der Waals surface area contributed by atoms with Gasteiger partial charge in [-0.05, 0) is 37.4 Å². The van der Waals surface area contributed by atoms with E-state index in [9.17, 15) is 0 Å². The minimum Gasteiger partial charge on any atom is -0.383 e. The summed E-state index contributed by atoms with van der Waals surface area (Å²) in [5.41, 5.74) is 1.38. The van der Waals surface area contributed by atoms with Crippen molar-refractivity contribution in [2.45, 2.75) is 25.3 Å². The fraction of sp³-hybridized carbons (Fsp3) is 0.727. The predicted octanol–water partition coefficient (Wildman–Crippen LogP) is 0.996. The summed E-state index contributed by atoms with van der Waals surface area (Å²) in [6, 6.07) is 0. The third-order valence-corrected chi connectivity index (χ3v) is 2.99. The van der Waals surface area contributed by atoms with Crippen LogP contribution in [-0.4, -0.2) is 36.6 Å². The first kappa shape index (κ1) is 10.6. The average Bonchev–Trinajstić information content (AvgIpc) is 2.76.